The monoisotopic (exact) mass is 398 g/mol. The molecule has 1 heterocycles. The summed E-state index contributed by atoms with van der Waals surface area (Å²) in [6.07, 6.45) is 2.14. The van der Waals surface area contributed by atoms with Crippen LogP contribution in [0.1, 0.15) is 5.56 Å². The maximum atomic E-state index is 3.53. The third kappa shape index (κ3) is 1.86. The Bertz CT molecular complexity index is 464. The van der Waals surface area contributed by atoms with Crippen LogP contribution in [0.4, 0.5) is 0 Å². The van der Waals surface area contributed by atoms with Crippen molar-refractivity contribution in [2.24, 2.45) is 0 Å². The summed E-state index contributed by atoms with van der Waals surface area (Å²) in [6, 6.07) is 6.53. The maximum Gasteiger partial charge on any atom is 0.0742 e. The molecule has 0 saturated carbocycles. The molecule has 1 aromatic heterocycles. The van der Waals surface area contributed by atoms with Gasteiger partial charge in [-0.2, -0.15) is 0 Å². The van der Waals surface area contributed by atoms with Gasteiger partial charge < -0.3 is 0 Å². The maximum absolute atomic E-state index is 3.53. The lowest BCUT2D eigenvalue weighted by atomic mass is 10.2. The lowest BCUT2D eigenvalue weighted by molar-refractivity contribution is 1.51. The fourth-order valence-corrected chi connectivity index (χ4v) is 5.45. The van der Waals surface area contributed by atoms with E-state index in [-0.39, 0.29) is 0 Å². The molecule has 2 aromatic rings. The summed E-state index contributed by atoms with van der Waals surface area (Å²) in [5.41, 5.74) is 1.39. The zero-order valence-corrected chi connectivity index (χ0v) is 12.9. The Morgan fingerprint density at radius 3 is 2.93 bits per heavy atom. The van der Waals surface area contributed by atoms with Crippen LogP contribution in [0.25, 0.3) is 10.1 Å². The van der Waals surface area contributed by atoms with E-state index < -0.39 is 0 Å². The van der Waals surface area contributed by atoms with Gasteiger partial charge in [0.05, 0.1) is 4.21 Å². The van der Waals surface area contributed by atoms with Gasteiger partial charge in [0.25, 0.3) is 0 Å². The molecule has 14 heavy (non-hydrogen) atoms. The average molecular weight is 399 g/mol. The third-order valence-electron chi connectivity index (χ3n) is 2.04. The van der Waals surface area contributed by atoms with E-state index in [9.17, 15) is 0 Å². The lowest BCUT2D eigenvalue weighted by Gasteiger charge is -1.96. The molecule has 0 nitrogen and oxygen atoms in total. The van der Waals surface area contributed by atoms with Crippen molar-refractivity contribution in [3.05, 3.63) is 27.3 Å². The highest BCUT2D eigenvalue weighted by Gasteiger charge is 2.10. The van der Waals surface area contributed by atoms with Gasteiger partial charge in [0, 0.05) is 19.0 Å². The largest absolute Gasteiger partial charge is 0.127 e. The predicted molar refractivity (Wildman–Crippen MR) is 79.0 cm³/mol. The van der Waals surface area contributed by atoms with Crippen LogP contribution < -0.4 is 0 Å². The highest BCUT2D eigenvalue weighted by Crippen LogP contribution is 2.39. The van der Waals surface area contributed by atoms with E-state index in [1.165, 1.54) is 23.4 Å². The first kappa shape index (κ1) is 11.2. The summed E-state index contributed by atoms with van der Waals surface area (Å²) in [7, 11) is 0. The molecule has 0 atom stereocenters. The minimum Gasteiger partial charge on any atom is -0.127 e. The zero-order valence-electron chi connectivity index (χ0n) is 7.51. The van der Waals surface area contributed by atoms with Crippen LogP contribution in [0.15, 0.2) is 22.4 Å². The average Bonchev–Trinajstić information content (AvgIpc) is 2.55. The molecule has 0 radical (unpaired) electrons. The molecule has 0 saturated heterocycles. The van der Waals surface area contributed by atoms with Crippen LogP contribution in [-0.4, -0.2) is 6.26 Å². The van der Waals surface area contributed by atoms with Gasteiger partial charge in [-0.1, -0.05) is 34.1 Å². The standard InChI is InChI=1S/C10H8BrIS2/c1-13-10-8(12)7-4-2-3-6(5-11)9(7)14-10/h2-4H,5H2,1H3. The van der Waals surface area contributed by atoms with E-state index >= 15 is 0 Å². The Labute approximate surface area is 114 Å². The van der Waals surface area contributed by atoms with Gasteiger partial charge in [-0.05, 0) is 34.4 Å². The molecule has 0 aliphatic heterocycles. The van der Waals surface area contributed by atoms with E-state index in [4.69, 9.17) is 0 Å². The van der Waals surface area contributed by atoms with E-state index in [1.54, 1.807) is 0 Å². The Morgan fingerprint density at radius 2 is 2.29 bits per heavy atom. The lowest BCUT2D eigenvalue weighted by Crippen LogP contribution is -1.76. The zero-order chi connectivity index (χ0) is 10.1. The van der Waals surface area contributed by atoms with Crippen molar-refractivity contribution >= 4 is 71.7 Å². The summed E-state index contributed by atoms with van der Waals surface area (Å²) in [5, 5.41) is 2.34. The van der Waals surface area contributed by atoms with Crippen molar-refractivity contribution in [1.29, 1.82) is 0 Å². The fourth-order valence-electron chi connectivity index (χ4n) is 1.36. The molecule has 0 fully saturated rings. The van der Waals surface area contributed by atoms with Crippen molar-refractivity contribution in [2.75, 3.05) is 6.26 Å². The van der Waals surface area contributed by atoms with Gasteiger partial charge >= 0.3 is 0 Å². The van der Waals surface area contributed by atoms with Gasteiger partial charge in [0.1, 0.15) is 0 Å². The normalized spacial score (nSPS) is 11.1. The van der Waals surface area contributed by atoms with Crippen molar-refractivity contribution in [3.8, 4) is 0 Å². The number of hydrogen-bond donors (Lipinski definition) is 0. The number of rotatable bonds is 2. The van der Waals surface area contributed by atoms with E-state index in [0.29, 0.717) is 0 Å². The van der Waals surface area contributed by atoms with Crippen LogP contribution in [0.3, 0.4) is 0 Å². The second-order valence-corrected chi connectivity index (χ2v) is 6.57. The highest BCUT2D eigenvalue weighted by molar-refractivity contribution is 14.1. The first-order chi connectivity index (χ1) is 6.77. The molecule has 0 N–H and O–H groups in total. The SMILES string of the molecule is CSc1sc2c(CBr)cccc2c1I. The topological polar surface area (TPSA) is 0 Å². The molecule has 74 valence electrons. The van der Waals surface area contributed by atoms with Crippen LogP contribution >= 0.6 is 61.6 Å². The third-order valence-corrected chi connectivity index (χ3v) is 6.89. The molecule has 1 aromatic carbocycles. The van der Waals surface area contributed by atoms with Crippen molar-refractivity contribution in [3.63, 3.8) is 0 Å². The number of thiophene rings is 1. The quantitative estimate of drug-likeness (QED) is 0.384. The fraction of sp³-hybridized carbons (Fsp3) is 0.200. The molecule has 0 amide bonds. The van der Waals surface area contributed by atoms with Crippen LogP contribution in [0, 0.1) is 3.57 Å². The first-order valence-electron chi connectivity index (χ1n) is 4.07. The number of benzene rings is 1. The van der Waals surface area contributed by atoms with Gasteiger partial charge in [0.15, 0.2) is 0 Å². The minimum absolute atomic E-state index is 0.939. The number of thioether (sulfide) groups is 1. The molecular formula is C10H8BrIS2. The molecule has 0 unspecified atom stereocenters. The second kappa shape index (κ2) is 4.72. The van der Waals surface area contributed by atoms with Crippen molar-refractivity contribution in [1.82, 2.24) is 0 Å². The molecule has 0 aliphatic carbocycles. The predicted octanol–water partition coefficient (Wildman–Crippen LogP) is 5.12. The molecule has 4 heteroatoms. The van der Waals surface area contributed by atoms with E-state index in [0.717, 1.165) is 5.33 Å². The number of hydrogen-bond acceptors (Lipinski definition) is 2. The molecule has 0 bridgehead atoms. The number of halogens is 2. The molecule has 0 spiro atoms. The van der Waals surface area contributed by atoms with Gasteiger partial charge in [-0.3, -0.25) is 0 Å². The summed E-state index contributed by atoms with van der Waals surface area (Å²) < 4.78 is 4.25. The Kier molecular flexibility index (Phi) is 3.79. The summed E-state index contributed by atoms with van der Waals surface area (Å²) >= 11 is 9.71. The number of alkyl halides is 1. The Hall–Kier alpha value is 0.740. The smallest absolute Gasteiger partial charge is 0.0742 e. The van der Waals surface area contributed by atoms with Crippen LogP contribution in [0.2, 0.25) is 0 Å². The van der Waals surface area contributed by atoms with Gasteiger partial charge in [-0.15, -0.1) is 23.1 Å². The summed E-state index contributed by atoms with van der Waals surface area (Å²) in [5.74, 6) is 0. The van der Waals surface area contributed by atoms with Crippen LogP contribution in [0.5, 0.6) is 0 Å². The Morgan fingerprint density at radius 1 is 1.50 bits per heavy atom. The summed E-state index contributed by atoms with van der Waals surface area (Å²) in [4.78, 5) is 0. The summed E-state index contributed by atoms with van der Waals surface area (Å²) in [6.45, 7) is 0. The van der Waals surface area contributed by atoms with E-state index in [2.05, 4.69) is 63.0 Å². The minimum atomic E-state index is 0.939. The second-order valence-electron chi connectivity index (χ2n) is 2.84. The Balaban J connectivity index is 2.77. The molecule has 0 aliphatic rings. The van der Waals surface area contributed by atoms with Crippen molar-refractivity contribution < 1.29 is 0 Å². The van der Waals surface area contributed by atoms with Crippen LogP contribution in [-0.2, 0) is 5.33 Å². The number of fused-ring (bicyclic) bond motifs is 1. The van der Waals surface area contributed by atoms with E-state index in [1.807, 2.05) is 23.1 Å². The highest BCUT2D eigenvalue weighted by atomic mass is 127. The van der Waals surface area contributed by atoms with Crippen molar-refractivity contribution in [2.45, 2.75) is 9.54 Å². The van der Waals surface area contributed by atoms with Gasteiger partial charge in [-0.25, -0.2) is 0 Å². The van der Waals surface area contributed by atoms with Gasteiger partial charge in [0.2, 0.25) is 0 Å². The molecule has 2 rings (SSSR count). The first-order valence-corrected chi connectivity index (χ1v) is 8.32. The molecular weight excluding hydrogens is 391 g/mol.